The molecule has 1 amide bonds. The summed E-state index contributed by atoms with van der Waals surface area (Å²) in [6, 6.07) is 0.584. The molecular formula is C15H30N2O2. The monoisotopic (exact) mass is 270 g/mol. The number of rotatable bonds is 8. The summed E-state index contributed by atoms with van der Waals surface area (Å²) in [5.41, 5.74) is -0.443. The van der Waals surface area contributed by atoms with Gasteiger partial charge in [-0.2, -0.15) is 0 Å². The summed E-state index contributed by atoms with van der Waals surface area (Å²) in [5.74, 6) is 0. The van der Waals surface area contributed by atoms with Crippen LogP contribution in [-0.4, -0.2) is 30.3 Å². The molecule has 0 aromatic heterocycles. The molecule has 4 heteroatoms. The summed E-state index contributed by atoms with van der Waals surface area (Å²) in [6.45, 7) is 14.3. The SMILES string of the molecule is C=CCCC(C)NCCC(C)NC(=O)OC(C)(C)C. The Morgan fingerprint density at radius 1 is 1.26 bits per heavy atom. The zero-order chi connectivity index (χ0) is 14.9. The van der Waals surface area contributed by atoms with Gasteiger partial charge in [-0.25, -0.2) is 4.79 Å². The van der Waals surface area contributed by atoms with Gasteiger partial charge in [-0.15, -0.1) is 6.58 Å². The van der Waals surface area contributed by atoms with Gasteiger partial charge < -0.3 is 15.4 Å². The lowest BCUT2D eigenvalue weighted by Gasteiger charge is -2.22. The van der Waals surface area contributed by atoms with E-state index >= 15 is 0 Å². The van der Waals surface area contributed by atoms with Gasteiger partial charge >= 0.3 is 6.09 Å². The minimum absolute atomic E-state index is 0.106. The van der Waals surface area contributed by atoms with Crippen LogP contribution in [0.1, 0.15) is 53.9 Å². The van der Waals surface area contributed by atoms with Gasteiger partial charge in [0.05, 0.1) is 0 Å². The smallest absolute Gasteiger partial charge is 0.407 e. The fourth-order valence-electron chi connectivity index (χ4n) is 1.60. The fraction of sp³-hybridized carbons (Fsp3) is 0.800. The highest BCUT2D eigenvalue weighted by Gasteiger charge is 2.17. The molecule has 0 rings (SSSR count). The standard InChI is InChI=1S/C15H30N2O2/c1-7-8-9-12(2)16-11-10-13(3)17-14(18)19-15(4,5)6/h7,12-13,16H,1,8-11H2,2-6H3,(H,17,18). The predicted octanol–water partition coefficient (Wildman–Crippen LogP) is 3.23. The van der Waals surface area contributed by atoms with Gasteiger partial charge in [-0.1, -0.05) is 6.08 Å². The number of ether oxygens (including phenoxy) is 1. The average Bonchev–Trinajstić information content (AvgIpc) is 2.23. The van der Waals surface area contributed by atoms with Crippen molar-refractivity contribution in [1.29, 1.82) is 0 Å². The molecule has 0 radical (unpaired) electrons. The van der Waals surface area contributed by atoms with Crippen molar-refractivity contribution in [2.45, 2.75) is 71.6 Å². The Bertz CT molecular complexity index is 272. The van der Waals surface area contributed by atoms with E-state index in [1.165, 1.54) is 0 Å². The van der Waals surface area contributed by atoms with Crippen molar-refractivity contribution in [3.8, 4) is 0 Å². The van der Waals surface area contributed by atoms with Crippen LogP contribution in [0.25, 0.3) is 0 Å². The molecular weight excluding hydrogens is 240 g/mol. The van der Waals surface area contributed by atoms with Crippen molar-refractivity contribution in [3.05, 3.63) is 12.7 Å². The molecule has 2 N–H and O–H groups in total. The van der Waals surface area contributed by atoms with Crippen LogP contribution in [0.2, 0.25) is 0 Å². The lowest BCUT2D eigenvalue weighted by Crippen LogP contribution is -2.39. The summed E-state index contributed by atoms with van der Waals surface area (Å²) in [6.07, 6.45) is 4.60. The molecule has 19 heavy (non-hydrogen) atoms. The van der Waals surface area contributed by atoms with Crippen LogP contribution in [0, 0.1) is 0 Å². The molecule has 4 nitrogen and oxygen atoms in total. The van der Waals surface area contributed by atoms with Crippen LogP contribution < -0.4 is 10.6 Å². The zero-order valence-corrected chi connectivity index (χ0v) is 13.1. The summed E-state index contributed by atoms with van der Waals surface area (Å²) < 4.78 is 5.21. The van der Waals surface area contributed by atoms with Crippen LogP contribution >= 0.6 is 0 Å². The fourth-order valence-corrected chi connectivity index (χ4v) is 1.60. The second-order valence-corrected chi connectivity index (χ2v) is 6.06. The van der Waals surface area contributed by atoms with Crippen molar-refractivity contribution in [3.63, 3.8) is 0 Å². The quantitative estimate of drug-likeness (QED) is 0.666. The van der Waals surface area contributed by atoms with E-state index in [2.05, 4.69) is 24.1 Å². The molecule has 0 heterocycles. The molecule has 0 aliphatic rings. The molecule has 0 saturated heterocycles. The summed E-state index contributed by atoms with van der Waals surface area (Å²) in [7, 11) is 0. The minimum Gasteiger partial charge on any atom is -0.444 e. The van der Waals surface area contributed by atoms with E-state index in [0.717, 1.165) is 25.8 Å². The van der Waals surface area contributed by atoms with Gasteiger partial charge in [-0.05, 0) is 60.4 Å². The number of hydrogen-bond acceptors (Lipinski definition) is 3. The molecule has 0 saturated carbocycles. The third kappa shape index (κ3) is 11.8. The Morgan fingerprint density at radius 2 is 1.89 bits per heavy atom. The summed E-state index contributed by atoms with van der Waals surface area (Å²) >= 11 is 0. The molecule has 0 fully saturated rings. The highest BCUT2D eigenvalue weighted by atomic mass is 16.6. The Kier molecular flexibility index (Phi) is 8.48. The van der Waals surface area contributed by atoms with Crippen LogP contribution in [0.4, 0.5) is 4.79 Å². The first-order valence-corrected chi connectivity index (χ1v) is 7.08. The van der Waals surface area contributed by atoms with E-state index in [4.69, 9.17) is 4.74 Å². The van der Waals surface area contributed by atoms with Gasteiger partial charge in [-0.3, -0.25) is 0 Å². The van der Waals surface area contributed by atoms with Crippen LogP contribution in [0.15, 0.2) is 12.7 Å². The second-order valence-electron chi connectivity index (χ2n) is 6.06. The Balaban J connectivity index is 3.72. The molecule has 0 aromatic carbocycles. The normalized spacial score (nSPS) is 14.6. The van der Waals surface area contributed by atoms with Gasteiger partial charge in [0.25, 0.3) is 0 Å². The van der Waals surface area contributed by atoms with Gasteiger partial charge in [0.1, 0.15) is 5.60 Å². The van der Waals surface area contributed by atoms with Crippen molar-refractivity contribution >= 4 is 6.09 Å². The first kappa shape index (κ1) is 18.0. The Morgan fingerprint density at radius 3 is 2.42 bits per heavy atom. The highest BCUT2D eigenvalue weighted by molar-refractivity contribution is 5.67. The number of carbonyl (C=O) groups excluding carboxylic acids is 1. The Hall–Kier alpha value is -1.03. The average molecular weight is 270 g/mol. The van der Waals surface area contributed by atoms with Crippen molar-refractivity contribution < 1.29 is 9.53 Å². The third-order valence-corrected chi connectivity index (χ3v) is 2.64. The van der Waals surface area contributed by atoms with Crippen LogP contribution in [0.3, 0.4) is 0 Å². The number of alkyl carbamates (subject to hydrolysis) is 1. The maximum absolute atomic E-state index is 11.5. The van der Waals surface area contributed by atoms with Gasteiger partial charge in [0, 0.05) is 12.1 Å². The van der Waals surface area contributed by atoms with E-state index in [9.17, 15) is 4.79 Å². The van der Waals surface area contributed by atoms with E-state index < -0.39 is 5.60 Å². The number of hydrogen-bond donors (Lipinski definition) is 2. The first-order chi connectivity index (χ1) is 8.74. The maximum Gasteiger partial charge on any atom is 0.407 e. The van der Waals surface area contributed by atoms with Gasteiger partial charge in [0.2, 0.25) is 0 Å². The zero-order valence-electron chi connectivity index (χ0n) is 13.1. The van der Waals surface area contributed by atoms with E-state index in [-0.39, 0.29) is 12.1 Å². The topological polar surface area (TPSA) is 50.4 Å². The number of nitrogens with one attached hydrogen (secondary N) is 2. The molecule has 0 aliphatic carbocycles. The van der Waals surface area contributed by atoms with Crippen molar-refractivity contribution in [2.75, 3.05) is 6.54 Å². The van der Waals surface area contributed by atoms with Crippen molar-refractivity contribution in [2.24, 2.45) is 0 Å². The maximum atomic E-state index is 11.5. The molecule has 0 bridgehead atoms. The van der Waals surface area contributed by atoms with Crippen molar-refractivity contribution in [1.82, 2.24) is 10.6 Å². The van der Waals surface area contributed by atoms with Crippen LogP contribution in [-0.2, 0) is 4.74 Å². The molecule has 112 valence electrons. The highest BCUT2D eigenvalue weighted by Crippen LogP contribution is 2.07. The van der Waals surface area contributed by atoms with E-state index in [1.54, 1.807) is 0 Å². The molecule has 0 spiro atoms. The second kappa shape index (κ2) is 8.97. The summed E-state index contributed by atoms with van der Waals surface area (Å²) in [5, 5.41) is 6.27. The van der Waals surface area contributed by atoms with E-state index in [0.29, 0.717) is 6.04 Å². The third-order valence-electron chi connectivity index (χ3n) is 2.64. The largest absolute Gasteiger partial charge is 0.444 e. The first-order valence-electron chi connectivity index (χ1n) is 7.08. The lowest BCUT2D eigenvalue weighted by atomic mass is 10.1. The molecule has 0 aliphatic heterocycles. The molecule has 2 unspecified atom stereocenters. The van der Waals surface area contributed by atoms with E-state index in [1.807, 2.05) is 33.8 Å². The predicted molar refractivity (Wildman–Crippen MR) is 80.3 cm³/mol. The molecule has 0 aromatic rings. The molecule has 2 atom stereocenters. The Labute approximate surface area is 118 Å². The minimum atomic E-state index is -0.443. The van der Waals surface area contributed by atoms with Crippen LogP contribution in [0.5, 0.6) is 0 Å². The lowest BCUT2D eigenvalue weighted by molar-refractivity contribution is 0.0506. The number of allylic oxidation sites excluding steroid dienone is 1. The van der Waals surface area contributed by atoms with Gasteiger partial charge in [0.15, 0.2) is 0 Å². The number of amides is 1. The number of carbonyl (C=O) groups is 1. The summed E-state index contributed by atoms with van der Waals surface area (Å²) in [4.78, 5) is 11.5.